The van der Waals surface area contributed by atoms with Crippen LogP contribution in [0.1, 0.15) is 6.92 Å². The number of para-hydroxylation sites is 1. The molecule has 0 aliphatic rings. The van der Waals surface area contributed by atoms with Gasteiger partial charge in [-0.15, -0.1) is 0 Å². The van der Waals surface area contributed by atoms with E-state index in [2.05, 4.69) is 5.32 Å². The zero-order valence-corrected chi connectivity index (χ0v) is 16.0. The highest BCUT2D eigenvalue weighted by atomic mass is 35.5. The lowest BCUT2D eigenvalue weighted by atomic mass is 10.2. The second-order valence-electron chi connectivity index (χ2n) is 5.31. The Morgan fingerprint density at radius 3 is 2.58 bits per heavy atom. The molecule has 0 saturated carbocycles. The van der Waals surface area contributed by atoms with Gasteiger partial charge < -0.3 is 14.6 Å². The number of nitro benzene ring substituents is 1. The molecule has 8 nitrogen and oxygen atoms in total. The van der Waals surface area contributed by atoms with Gasteiger partial charge in [-0.1, -0.05) is 23.7 Å². The predicted octanol–water partition coefficient (Wildman–Crippen LogP) is 5.28. The van der Waals surface area contributed by atoms with Crippen molar-refractivity contribution in [3.8, 4) is 11.5 Å². The summed E-state index contributed by atoms with van der Waals surface area (Å²) in [7, 11) is -2.00. The summed E-state index contributed by atoms with van der Waals surface area (Å²) in [6, 6.07) is 11.0. The van der Waals surface area contributed by atoms with Crippen molar-refractivity contribution in [2.45, 2.75) is 13.2 Å². The number of hydrogen-bond donors (Lipinski definition) is 1. The Morgan fingerprint density at radius 2 is 1.96 bits per heavy atom. The van der Waals surface area contributed by atoms with E-state index in [1.54, 1.807) is 31.2 Å². The van der Waals surface area contributed by atoms with E-state index in [0.717, 1.165) is 0 Å². The average Bonchev–Trinajstić information content (AvgIpc) is 2.56. The second kappa shape index (κ2) is 8.51. The van der Waals surface area contributed by atoms with E-state index in [-0.39, 0.29) is 11.4 Å². The fourth-order valence-electron chi connectivity index (χ4n) is 2.08. The topological polar surface area (TPSA) is 99.9 Å². The molecule has 0 spiro atoms. The molecular weight excluding hydrogens is 383 g/mol. The number of ether oxygens (including phenoxy) is 1. The van der Waals surface area contributed by atoms with E-state index in [4.69, 9.17) is 25.4 Å². The van der Waals surface area contributed by atoms with Crippen LogP contribution in [0.3, 0.4) is 0 Å². The van der Waals surface area contributed by atoms with Crippen molar-refractivity contribution in [3.05, 3.63) is 57.6 Å². The number of hydrogen-bond acceptors (Lipinski definition) is 7. The molecule has 10 heteroatoms. The third-order valence-electron chi connectivity index (χ3n) is 3.27. The molecule has 0 aliphatic carbocycles. The summed E-state index contributed by atoms with van der Waals surface area (Å²) < 4.78 is 27.6. The second-order valence-corrected chi connectivity index (χ2v) is 7.84. The zero-order chi connectivity index (χ0) is 19.3. The number of nitro groups is 1. The molecule has 26 heavy (non-hydrogen) atoms. The summed E-state index contributed by atoms with van der Waals surface area (Å²) in [5.74, 6) is 0.750. The highest BCUT2D eigenvalue weighted by Gasteiger charge is 2.22. The van der Waals surface area contributed by atoms with Crippen molar-refractivity contribution in [2.24, 2.45) is 0 Å². The first-order valence-corrected chi connectivity index (χ1v) is 9.87. The lowest BCUT2D eigenvalue weighted by molar-refractivity contribution is -0.384. The van der Waals surface area contributed by atoms with Crippen molar-refractivity contribution in [3.63, 3.8) is 0 Å². The molecule has 1 N–H and O–H groups in total. The monoisotopic (exact) mass is 400 g/mol. The van der Waals surface area contributed by atoms with E-state index in [1.165, 1.54) is 32.0 Å². The van der Waals surface area contributed by atoms with E-state index in [0.29, 0.717) is 16.5 Å². The zero-order valence-electron chi connectivity index (χ0n) is 14.3. The molecule has 0 fully saturated rings. The highest BCUT2D eigenvalue weighted by Crippen LogP contribution is 2.44. The maximum atomic E-state index is 11.9. The van der Waals surface area contributed by atoms with Gasteiger partial charge in [-0.05, 0) is 25.1 Å². The van der Waals surface area contributed by atoms with Crippen LogP contribution in [0.4, 0.5) is 11.4 Å². The number of halogens is 1. The standard InChI is InChI=1S/C16H18ClN2O6P/c1-11(25-26(3,22)23-2)18-14-10-12(8-9-15(14)19(20)21)24-16-7-5-4-6-13(16)17/h4-11,18H,1-3H3. The van der Waals surface area contributed by atoms with Crippen molar-refractivity contribution < 1.29 is 23.3 Å². The third-order valence-corrected chi connectivity index (χ3v) is 4.94. The van der Waals surface area contributed by atoms with Crippen LogP contribution in [0, 0.1) is 10.1 Å². The lowest BCUT2D eigenvalue weighted by Crippen LogP contribution is -2.18. The fourth-order valence-corrected chi connectivity index (χ4v) is 2.97. The quantitative estimate of drug-likeness (QED) is 0.278. The van der Waals surface area contributed by atoms with Crippen LogP contribution in [0.25, 0.3) is 0 Å². The molecule has 0 amide bonds. The Hall–Kier alpha value is -2.12. The predicted molar refractivity (Wildman–Crippen MR) is 99.3 cm³/mol. The number of nitrogens with one attached hydrogen (secondary N) is 1. The largest absolute Gasteiger partial charge is 0.456 e. The minimum atomic E-state index is -3.26. The molecule has 2 rings (SSSR count). The molecule has 0 heterocycles. The molecule has 0 bridgehead atoms. The number of rotatable bonds is 8. The summed E-state index contributed by atoms with van der Waals surface area (Å²) in [6.07, 6.45) is -0.806. The van der Waals surface area contributed by atoms with Crippen LogP contribution in [0.5, 0.6) is 11.5 Å². The summed E-state index contributed by atoms with van der Waals surface area (Å²) in [6.45, 7) is 2.86. The number of benzene rings is 2. The molecule has 0 radical (unpaired) electrons. The highest BCUT2D eigenvalue weighted by molar-refractivity contribution is 7.52. The van der Waals surface area contributed by atoms with E-state index >= 15 is 0 Å². The third kappa shape index (κ3) is 5.44. The van der Waals surface area contributed by atoms with Crippen molar-refractivity contribution in [1.82, 2.24) is 0 Å². The lowest BCUT2D eigenvalue weighted by Gasteiger charge is -2.20. The maximum Gasteiger partial charge on any atom is 0.329 e. The normalized spacial score (nSPS) is 14.3. The first kappa shape index (κ1) is 20.2. The van der Waals surface area contributed by atoms with E-state index in [1.807, 2.05) is 0 Å². The van der Waals surface area contributed by atoms with Crippen molar-refractivity contribution >= 4 is 30.6 Å². The SMILES string of the molecule is COP(C)(=O)OC(C)Nc1cc(Oc2ccccc2Cl)ccc1[N+](=O)[O-]. The summed E-state index contributed by atoms with van der Waals surface area (Å²) >= 11 is 6.05. The van der Waals surface area contributed by atoms with Gasteiger partial charge in [0.05, 0.1) is 9.95 Å². The smallest absolute Gasteiger partial charge is 0.329 e. The summed E-state index contributed by atoms with van der Waals surface area (Å²) in [5.41, 5.74) is -0.0431. The molecule has 2 aromatic carbocycles. The molecule has 2 aromatic rings. The molecule has 0 aromatic heterocycles. The molecular formula is C16H18ClN2O6P. The summed E-state index contributed by atoms with van der Waals surface area (Å²) in [4.78, 5) is 10.7. The van der Waals surface area contributed by atoms with Gasteiger partial charge in [-0.25, -0.2) is 0 Å². The molecule has 2 atom stereocenters. The van der Waals surface area contributed by atoms with Crippen LogP contribution in [0.2, 0.25) is 5.02 Å². The van der Waals surface area contributed by atoms with Crippen LogP contribution < -0.4 is 10.1 Å². The van der Waals surface area contributed by atoms with Gasteiger partial charge in [0.2, 0.25) is 0 Å². The minimum Gasteiger partial charge on any atom is -0.456 e. The Morgan fingerprint density at radius 1 is 1.27 bits per heavy atom. The van der Waals surface area contributed by atoms with Gasteiger partial charge in [0.1, 0.15) is 23.4 Å². The number of anilines is 1. The van der Waals surface area contributed by atoms with E-state index < -0.39 is 18.7 Å². The Labute approximate surface area is 155 Å². The Balaban J connectivity index is 2.27. The van der Waals surface area contributed by atoms with Crippen LogP contribution in [0.15, 0.2) is 42.5 Å². The van der Waals surface area contributed by atoms with Crippen molar-refractivity contribution in [2.75, 3.05) is 19.1 Å². The first-order chi connectivity index (χ1) is 12.2. The van der Waals surface area contributed by atoms with Crippen LogP contribution >= 0.6 is 19.2 Å². The van der Waals surface area contributed by atoms with E-state index in [9.17, 15) is 14.7 Å². The molecule has 140 valence electrons. The summed E-state index contributed by atoms with van der Waals surface area (Å²) in [5, 5.41) is 14.5. The molecule has 0 aliphatic heterocycles. The molecule has 2 unspecified atom stereocenters. The molecule has 0 saturated heterocycles. The van der Waals surface area contributed by atoms with Gasteiger partial charge >= 0.3 is 7.60 Å². The minimum absolute atomic E-state index is 0.142. The first-order valence-electron chi connectivity index (χ1n) is 7.51. The van der Waals surface area contributed by atoms with Gasteiger partial charge in [0.15, 0.2) is 0 Å². The van der Waals surface area contributed by atoms with Gasteiger partial charge in [-0.3, -0.25) is 19.2 Å². The fraction of sp³-hybridized carbons (Fsp3) is 0.250. The Kier molecular flexibility index (Phi) is 6.61. The Bertz CT molecular complexity index is 847. The van der Waals surface area contributed by atoms with Crippen LogP contribution in [-0.2, 0) is 13.6 Å². The van der Waals surface area contributed by atoms with Crippen molar-refractivity contribution in [1.29, 1.82) is 0 Å². The maximum absolute atomic E-state index is 11.9. The average molecular weight is 401 g/mol. The number of nitrogens with zero attached hydrogens (tertiary/aromatic N) is 1. The van der Waals surface area contributed by atoms with Gasteiger partial charge in [-0.2, -0.15) is 0 Å². The van der Waals surface area contributed by atoms with Gasteiger partial charge in [0.25, 0.3) is 5.69 Å². The van der Waals surface area contributed by atoms with Gasteiger partial charge in [0, 0.05) is 25.9 Å². The van der Waals surface area contributed by atoms with Crippen LogP contribution in [-0.4, -0.2) is 24.9 Å².